The fraction of sp³-hybridized carbons (Fsp3) is 0.231. The Labute approximate surface area is 208 Å². The minimum absolute atomic E-state index is 0.0309. The van der Waals surface area contributed by atoms with Gasteiger partial charge in [-0.1, -0.05) is 35.9 Å². The number of piperazine rings is 1. The number of nitrogens with zero attached hydrogens (tertiary/aromatic N) is 3. The summed E-state index contributed by atoms with van der Waals surface area (Å²) in [6.45, 7) is 5.91. The Morgan fingerprint density at radius 1 is 0.943 bits per heavy atom. The lowest BCUT2D eigenvalue weighted by Gasteiger charge is -2.36. The molecular weight excluding hydrogens is 468 g/mol. The van der Waals surface area contributed by atoms with Crippen molar-refractivity contribution >= 4 is 40.5 Å². The molecule has 9 heteroatoms. The molecule has 180 valence electrons. The summed E-state index contributed by atoms with van der Waals surface area (Å²) in [4.78, 5) is 40.2. The van der Waals surface area contributed by atoms with Crippen LogP contribution in [0.15, 0.2) is 60.7 Å². The molecule has 3 aromatic rings. The van der Waals surface area contributed by atoms with Crippen molar-refractivity contribution in [2.75, 3.05) is 36.4 Å². The number of hydrogen-bond acceptors (Lipinski definition) is 5. The van der Waals surface area contributed by atoms with Gasteiger partial charge in [0.25, 0.3) is 17.5 Å². The van der Waals surface area contributed by atoms with E-state index in [0.717, 1.165) is 16.8 Å². The van der Waals surface area contributed by atoms with Crippen molar-refractivity contribution in [1.82, 2.24) is 4.90 Å². The third-order valence-corrected chi connectivity index (χ3v) is 6.54. The van der Waals surface area contributed by atoms with Crippen molar-refractivity contribution in [1.29, 1.82) is 0 Å². The second-order valence-electron chi connectivity index (χ2n) is 8.42. The van der Waals surface area contributed by atoms with E-state index < -0.39 is 10.8 Å². The van der Waals surface area contributed by atoms with Crippen LogP contribution in [0.3, 0.4) is 0 Å². The molecular formula is C26H25ClN4O4. The summed E-state index contributed by atoms with van der Waals surface area (Å²) in [5.41, 5.74) is 3.41. The highest BCUT2D eigenvalue weighted by Gasteiger charge is 2.24. The Morgan fingerprint density at radius 3 is 2.29 bits per heavy atom. The lowest BCUT2D eigenvalue weighted by atomic mass is 10.1. The standard InChI is InChI=1S/C26H25ClN4O4/c1-17-6-3-4-7-20(17)26(33)30-14-12-29(13-15-30)24-11-10-19(16-22(24)27)28-25(32)21-8-5-9-23(18(21)2)31(34)35/h3-11,16H,12-15H2,1-2H3,(H,28,32). The van der Waals surface area contributed by atoms with Gasteiger partial charge in [0.1, 0.15) is 0 Å². The molecule has 0 atom stereocenters. The predicted octanol–water partition coefficient (Wildman–Crippen LogP) is 5.08. The first-order chi connectivity index (χ1) is 16.8. The first-order valence-corrected chi connectivity index (χ1v) is 11.6. The molecule has 3 aromatic carbocycles. The molecule has 35 heavy (non-hydrogen) atoms. The molecule has 0 unspecified atom stereocenters. The Morgan fingerprint density at radius 2 is 1.63 bits per heavy atom. The largest absolute Gasteiger partial charge is 0.367 e. The van der Waals surface area contributed by atoms with Crippen LogP contribution in [0.5, 0.6) is 0 Å². The summed E-state index contributed by atoms with van der Waals surface area (Å²) in [6.07, 6.45) is 0. The molecule has 1 N–H and O–H groups in total. The van der Waals surface area contributed by atoms with Crippen molar-refractivity contribution < 1.29 is 14.5 Å². The molecule has 8 nitrogen and oxygen atoms in total. The molecule has 2 amide bonds. The van der Waals surface area contributed by atoms with Gasteiger partial charge >= 0.3 is 0 Å². The molecule has 0 aromatic heterocycles. The van der Waals surface area contributed by atoms with Crippen molar-refractivity contribution in [3.05, 3.63) is 98.1 Å². The van der Waals surface area contributed by atoms with Crippen LogP contribution in [-0.2, 0) is 0 Å². The van der Waals surface area contributed by atoms with Gasteiger partial charge in [0.05, 0.1) is 15.6 Å². The summed E-state index contributed by atoms with van der Waals surface area (Å²) >= 11 is 6.54. The van der Waals surface area contributed by atoms with Gasteiger partial charge in [-0.3, -0.25) is 19.7 Å². The number of hydrogen-bond donors (Lipinski definition) is 1. The number of carbonyl (C=O) groups is 2. The van der Waals surface area contributed by atoms with Crippen LogP contribution in [0.1, 0.15) is 31.8 Å². The molecule has 4 rings (SSSR count). The lowest BCUT2D eigenvalue weighted by Crippen LogP contribution is -2.49. The van der Waals surface area contributed by atoms with Gasteiger partial charge in [-0.15, -0.1) is 0 Å². The van der Waals surface area contributed by atoms with Crippen molar-refractivity contribution in [3.63, 3.8) is 0 Å². The molecule has 1 heterocycles. The van der Waals surface area contributed by atoms with Crippen LogP contribution in [0.2, 0.25) is 5.02 Å². The molecule has 0 saturated carbocycles. The van der Waals surface area contributed by atoms with Gasteiger partial charge in [-0.05, 0) is 49.7 Å². The molecule has 0 aliphatic carbocycles. The summed E-state index contributed by atoms with van der Waals surface area (Å²) in [5.74, 6) is -0.415. The third kappa shape index (κ3) is 5.12. The number of halogens is 1. The maximum absolute atomic E-state index is 12.9. The SMILES string of the molecule is Cc1ccccc1C(=O)N1CCN(c2ccc(NC(=O)c3cccc([N+](=O)[O-])c3C)cc2Cl)CC1. The number of aryl methyl sites for hydroxylation is 1. The molecule has 0 bridgehead atoms. The zero-order chi connectivity index (χ0) is 25.1. The minimum Gasteiger partial charge on any atom is -0.367 e. The van der Waals surface area contributed by atoms with Gasteiger partial charge in [0.15, 0.2) is 0 Å². The number of nitrogens with one attached hydrogen (secondary N) is 1. The first-order valence-electron chi connectivity index (χ1n) is 11.2. The Bertz CT molecular complexity index is 1300. The second kappa shape index (κ2) is 10.1. The normalized spacial score (nSPS) is 13.5. The number of rotatable bonds is 5. The summed E-state index contributed by atoms with van der Waals surface area (Å²) in [7, 11) is 0. The van der Waals surface area contributed by atoms with Crippen molar-refractivity contribution in [2.45, 2.75) is 13.8 Å². The van der Waals surface area contributed by atoms with Crippen LogP contribution in [-0.4, -0.2) is 47.8 Å². The number of carbonyl (C=O) groups excluding carboxylic acids is 2. The van der Waals surface area contributed by atoms with Crippen LogP contribution in [0.4, 0.5) is 17.1 Å². The van der Waals surface area contributed by atoms with E-state index >= 15 is 0 Å². The molecule has 0 radical (unpaired) electrons. The average Bonchev–Trinajstić information content (AvgIpc) is 2.84. The van der Waals surface area contributed by atoms with Gasteiger partial charge in [-0.2, -0.15) is 0 Å². The van der Waals surface area contributed by atoms with E-state index in [1.54, 1.807) is 25.1 Å². The van der Waals surface area contributed by atoms with E-state index in [0.29, 0.717) is 42.5 Å². The maximum atomic E-state index is 12.9. The highest BCUT2D eigenvalue weighted by molar-refractivity contribution is 6.33. The topological polar surface area (TPSA) is 95.8 Å². The summed E-state index contributed by atoms with van der Waals surface area (Å²) < 4.78 is 0. The predicted molar refractivity (Wildman–Crippen MR) is 137 cm³/mol. The Hall–Kier alpha value is -3.91. The van der Waals surface area contributed by atoms with Crippen molar-refractivity contribution in [2.24, 2.45) is 0 Å². The van der Waals surface area contributed by atoms with E-state index in [4.69, 9.17) is 11.6 Å². The minimum atomic E-state index is -0.508. The van der Waals surface area contributed by atoms with E-state index in [1.165, 1.54) is 12.1 Å². The third-order valence-electron chi connectivity index (χ3n) is 6.24. The second-order valence-corrected chi connectivity index (χ2v) is 8.83. The number of anilines is 2. The monoisotopic (exact) mass is 492 g/mol. The van der Waals surface area contributed by atoms with E-state index in [-0.39, 0.29) is 17.2 Å². The van der Waals surface area contributed by atoms with Crippen LogP contribution in [0, 0.1) is 24.0 Å². The number of nitro groups is 1. The highest BCUT2D eigenvalue weighted by Crippen LogP contribution is 2.30. The van der Waals surface area contributed by atoms with E-state index in [2.05, 4.69) is 10.2 Å². The molecule has 1 saturated heterocycles. The van der Waals surface area contributed by atoms with Gasteiger partial charge in [0, 0.05) is 54.6 Å². The van der Waals surface area contributed by atoms with E-state index in [1.807, 2.05) is 42.2 Å². The highest BCUT2D eigenvalue weighted by atomic mass is 35.5. The number of benzene rings is 3. The summed E-state index contributed by atoms with van der Waals surface area (Å²) in [5, 5.41) is 14.4. The smallest absolute Gasteiger partial charge is 0.273 e. The molecule has 0 spiro atoms. The van der Waals surface area contributed by atoms with Gasteiger partial charge in [0.2, 0.25) is 0 Å². The lowest BCUT2D eigenvalue weighted by molar-refractivity contribution is -0.385. The Kier molecular flexibility index (Phi) is 7.02. The van der Waals surface area contributed by atoms with Crippen LogP contribution >= 0.6 is 11.6 Å². The van der Waals surface area contributed by atoms with Gasteiger partial charge < -0.3 is 15.1 Å². The molecule has 1 fully saturated rings. The molecule has 1 aliphatic rings. The molecule has 1 aliphatic heterocycles. The van der Waals surface area contributed by atoms with Crippen molar-refractivity contribution in [3.8, 4) is 0 Å². The van der Waals surface area contributed by atoms with Gasteiger partial charge in [-0.25, -0.2) is 0 Å². The van der Waals surface area contributed by atoms with Crippen LogP contribution in [0.25, 0.3) is 0 Å². The fourth-order valence-corrected chi connectivity index (χ4v) is 4.54. The Balaban J connectivity index is 1.42. The number of nitro benzene ring substituents is 1. The number of amides is 2. The summed E-state index contributed by atoms with van der Waals surface area (Å²) in [6, 6.07) is 17.2. The average molecular weight is 493 g/mol. The quantitative estimate of drug-likeness (QED) is 0.396. The fourth-order valence-electron chi connectivity index (χ4n) is 4.24. The first kappa shape index (κ1) is 24.2. The maximum Gasteiger partial charge on any atom is 0.273 e. The zero-order valence-corrected chi connectivity index (χ0v) is 20.2. The zero-order valence-electron chi connectivity index (χ0n) is 19.5. The van der Waals surface area contributed by atoms with Crippen LogP contribution < -0.4 is 10.2 Å². The van der Waals surface area contributed by atoms with E-state index in [9.17, 15) is 19.7 Å².